The highest BCUT2D eigenvalue weighted by Crippen LogP contribution is 2.17. The standard InChI is InChI=1S/C15H13N3O7/c1-10(19)17-12-3-5-13(6-4-12)24-15(20)25-14-7-2-11(8-16-14)9-23-18(21)22/h2-8H,9H2,1H3,(H,17,19). The van der Waals surface area contributed by atoms with Crippen molar-refractivity contribution in [3.63, 3.8) is 0 Å². The second kappa shape index (κ2) is 8.24. The van der Waals surface area contributed by atoms with Crippen molar-refractivity contribution in [2.75, 3.05) is 5.32 Å². The number of hydrogen-bond donors (Lipinski definition) is 1. The van der Waals surface area contributed by atoms with Crippen molar-refractivity contribution >= 4 is 17.7 Å². The molecule has 2 rings (SSSR count). The van der Waals surface area contributed by atoms with Gasteiger partial charge in [0.2, 0.25) is 11.8 Å². The van der Waals surface area contributed by atoms with Gasteiger partial charge in [-0.3, -0.25) is 4.79 Å². The Hall–Kier alpha value is -3.69. The molecule has 0 aliphatic rings. The smallest absolute Gasteiger partial charge is 0.395 e. The summed E-state index contributed by atoms with van der Waals surface area (Å²) in [6, 6.07) is 8.90. The zero-order valence-corrected chi connectivity index (χ0v) is 13.0. The first-order valence-electron chi connectivity index (χ1n) is 6.92. The van der Waals surface area contributed by atoms with Crippen molar-refractivity contribution in [1.29, 1.82) is 0 Å². The molecule has 0 fully saturated rings. The second-order valence-corrected chi connectivity index (χ2v) is 4.66. The molecule has 1 aromatic heterocycles. The van der Waals surface area contributed by atoms with E-state index in [-0.39, 0.29) is 24.1 Å². The van der Waals surface area contributed by atoms with Gasteiger partial charge in [-0.2, -0.15) is 0 Å². The van der Waals surface area contributed by atoms with Crippen molar-refractivity contribution in [2.24, 2.45) is 0 Å². The lowest BCUT2D eigenvalue weighted by molar-refractivity contribution is -0.763. The van der Waals surface area contributed by atoms with Crippen LogP contribution in [-0.2, 0) is 16.2 Å². The summed E-state index contributed by atoms with van der Waals surface area (Å²) in [5.41, 5.74) is 0.994. The molecule has 25 heavy (non-hydrogen) atoms. The third kappa shape index (κ3) is 6.14. The van der Waals surface area contributed by atoms with E-state index in [1.165, 1.54) is 37.4 Å². The van der Waals surface area contributed by atoms with Crippen molar-refractivity contribution < 1.29 is 29.0 Å². The van der Waals surface area contributed by atoms with E-state index in [9.17, 15) is 19.7 Å². The number of anilines is 1. The van der Waals surface area contributed by atoms with E-state index in [0.29, 0.717) is 11.3 Å². The van der Waals surface area contributed by atoms with Gasteiger partial charge in [-0.05, 0) is 29.8 Å². The number of ether oxygens (including phenoxy) is 2. The topological polar surface area (TPSA) is 130 Å². The number of nitrogens with one attached hydrogen (secondary N) is 1. The summed E-state index contributed by atoms with van der Waals surface area (Å²) >= 11 is 0. The number of amides is 1. The van der Waals surface area contributed by atoms with Crippen molar-refractivity contribution in [3.05, 3.63) is 58.3 Å². The number of aromatic nitrogens is 1. The molecule has 0 spiro atoms. The van der Waals surface area contributed by atoms with Crippen LogP contribution in [-0.4, -0.2) is 22.1 Å². The summed E-state index contributed by atoms with van der Waals surface area (Å²) in [6.45, 7) is 1.12. The molecular weight excluding hydrogens is 334 g/mol. The highest BCUT2D eigenvalue weighted by atomic mass is 16.9. The molecule has 0 aliphatic heterocycles. The Kier molecular flexibility index (Phi) is 5.82. The van der Waals surface area contributed by atoms with E-state index in [1.807, 2.05) is 0 Å². The highest BCUT2D eigenvalue weighted by molar-refractivity contribution is 5.88. The Morgan fingerprint density at radius 3 is 2.44 bits per heavy atom. The molecule has 0 aliphatic carbocycles. The van der Waals surface area contributed by atoms with Gasteiger partial charge in [-0.25, -0.2) is 9.78 Å². The normalized spacial score (nSPS) is 9.80. The van der Waals surface area contributed by atoms with E-state index < -0.39 is 11.2 Å². The Balaban J connectivity index is 1.87. The molecule has 1 aromatic carbocycles. The van der Waals surface area contributed by atoms with Gasteiger partial charge < -0.3 is 19.6 Å². The van der Waals surface area contributed by atoms with Gasteiger partial charge in [0.15, 0.2) is 0 Å². The first-order valence-corrected chi connectivity index (χ1v) is 6.92. The number of rotatable bonds is 6. The van der Waals surface area contributed by atoms with Crippen molar-refractivity contribution in [3.8, 4) is 11.6 Å². The SMILES string of the molecule is CC(=O)Nc1ccc(OC(=O)Oc2ccc(CO[N+](=O)[O-])cn2)cc1. The van der Waals surface area contributed by atoms with Crippen LogP contribution in [0.15, 0.2) is 42.6 Å². The summed E-state index contributed by atoms with van der Waals surface area (Å²) in [7, 11) is 0. The third-order valence-electron chi connectivity index (χ3n) is 2.70. The number of carbonyl (C=O) groups excluding carboxylic acids is 2. The fourth-order valence-electron chi connectivity index (χ4n) is 1.70. The molecular formula is C15H13N3O7. The Labute approximate surface area is 141 Å². The number of pyridine rings is 1. The number of hydrogen-bond acceptors (Lipinski definition) is 8. The molecule has 0 radical (unpaired) electrons. The van der Waals surface area contributed by atoms with Gasteiger partial charge in [-0.1, -0.05) is 6.07 Å². The maximum atomic E-state index is 11.7. The van der Waals surface area contributed by atoms with Crippen LogP contribution in [0.3, 0.4) is 0 Å². The maximum Gasteiger partial charge on any atom is 0.520 e. The van der Waals surface area contributed by atoms with E-state index in [1.54, 1.807) is 12.1 Å². The zero-order valence-electron chi connectivity index (χ0n) is 13.0. The minimum atomic E-state index is -1.01. The van der Waals surface area contributed by atoms with Gasteiger partial charge in [0.05, 0.1) is 0 Å². The average Bonchev–Trinajstić information content (AvgIpc) is 2.55. The molecule has 0 atom stereocenters. The molecule has 1 amide bonds. The highest BCUT2D eigenvalue weighted by Gasteiger charge is 2.09. The summed E-state index contributed by atoms with van der Waals surface area (Å²) in [5, 5.41) is 11.7. The van der Waals surface area contributed by atoms with Crippen molar-refractivity contribution in [1.82, 2.24) is 4.98 Å². The fraction of sp³-hybridized carbons (Fsp3) is 0.133. The largest absolute Gasteiger partial charge is 0.520 e. The third-order valence-corrected chi connectivity index (χ3v) is 2.70. The lowest BCUT2D eigenvalue weighted by atomic mass is 10.3. The molecule has 0 saturated carbocycles. The van der Waals surface area contributed by atoms with Crippen LogP contribution in [0.5, 0.6) is 11.6 Å². The van der Waals surface area contributed by atoms with Gasteiger partial charge in [0.25, 0.3) is 5.09 Å². The Morgan fingerprint density at radius 2 is 1.88 bits per heavy atom. The van der Waals surface area contributed by atoms with E-state index >= 15 is 0 Å². The van der Waals surface area contributed by atoms with E-state index in [4.69, 9.17) is 9.47 Å². The van der Waals surface area contributed by atoms with Gasteiger partial charge >= 0.3 is 6.16 Å². The Morgan fingerprint density at radius 1 is 1.16 bits per heavy atom. The molecule has 0 unspecified atom stereocenters. The van der Waals surface area contributed by atoms with Crippen LogP contribution < -0.4 is 14.8 Å². The summed E-state index contributed by atoms with van der Waals surface area (Å²) in [5.74, 6) is -0.0361. The predicted octanol–water partition coefficient (Wildman–Crippen LogP) is 2.33. The number of benzene rings is 1. The quantitative estimate of drug-likeness (QED) is 0.365. The minimum Gasteiger partial charge on any atom is -0.395 e. The molecule has 10 heteroatoms. The zero-order chi connectivity index (χ0) is 18.2. The lowest BCUT2D eigenvalue weighted by Gasteiger charge is -2.06. The summed E-state index contributed by atoms with van der Waals surface area (Å²) < 4.78 is 9.84. The fourth-order valence-corrected chi connectivity index (χ4v) is 1.70. The molecule has 0 saturated heterocycles. The van der Waals surface area contributed by atoms with E-state index in [2.05, 4.69) is 15.1 Å². The number of carbonyl (C=O) groups is 2. The molecule has 1 N–H and O–H groups in total. The van der Waals surface area contributed by atoms with Gasteiger partial charge in [0, 0.05) is 24.9 Å². The van der Waals surface area contributed by atoms with E-state index in [0.717, 1.165) is 0 Å². The van der Waals surface area contributed by atoms with Crippen LogP contribution in [0.1, 0.15) is 12.5 Å². The van der Waals surface area contributed by atoms with Crippen LogP contribution in [0, 0.1) is 10.1 Å². The Bertz CT molecular complexity index is 760. The van der Waals surface area contributed by atoms with Crippen LogP contribution in [0.2, 0.25) is 0 Å². The van der Waals surface area contributed by atoms with Crippen LogP contribution in [0.4, 0.5) is 10.5 Å². The molecule has 130 valence electrons. The maximum absolute atomic E-state index is 11.7. The van der Waals surface area contributed by atoms with Crippen LogP contribution >= 0.6 is 0 Å². The molecule has 1 heterocycles. The molecule has 0 bridgehead atoms. The molecule has 10 nitrogen and oxygen atoms in total. The lowest BCUT2D eigenvalue weighted by Crippen LogP contribution is -2.14. The first kappa shape index (κ1) is 17.7. The summed E-state index contributed by atoms with van der Waals surface area (Å²) in [4.78, 5) is 40.7. The van der Waals surface area contributed by atoms with Gasteiger partial charge in [0.1, 0.15) is 12.4 Å². The summed E-state index contributed by atoms with van der Waals surface area (Å²) in [6.07, 6.45) is 0.267. The first-order chi connectivity index (χ1) is 11.9. The molecule has 2 aromatic rings. The van der Waals surface area contributed by atoms with Gasteiger partial charge in [-0.15, -0.1) is 10.1 Å². The van der Waals surface area contributed by atoms with Crippen LogP contribution in [0.25, 0.3) is 0 Å². The predicted molar refractivity (Wildman–Crippen MR) is 83.4 cm³/mol. The number of nitrogens with zero attached hydrogens (tertiary/aromatic N) is 2. The second-order valence-electron chi connectivity index (χ2n) is 4.66. The monoisotopic (exact) mass is 347 g/mol. The minimum absolute atomic E-state index is 0.0373. The average molecular weight is 347 g/mol. The van der Waals surface area contributed by atoms with Crippen molar-refractivity contribution in [2.45, 2.75) is 13.5 Å².